The number of rotatable bonds is 7. The molecule has 0 radical (unpaired) electrons. The Bertz CT molecular complexity index is 661. The lowest BCUT2D eigenvalue weighted by atomic mass is 10.2. The van der Waals surface area contributed by atoms with Gasteiger partial charge in [0.15, 0.2) is 0 Å². The van der Waals surface area contributed by atoms with Crippen LogP contribution >= 0.6 is 0 Å². The molecule has 0 fully saturated rings. The first kappa shape index (κ1) is 16.3. The van der Waals surface area contributed by atoms with Crippen molar-refractivity contribution in [2.24, 2.45) is 0 Å². The quantitative estimate of drug-likeness (QED) is 0.475. The molecule has 0 saturated carbocycles. The number of pyridine rings is 2. The highest BCUT2D eigenvalue weighted by Crippen LogP contribution is 2.13. The van der Waals surface area contributed by atoms with Crippen LogP contribution in [0.3, 0.4) is 0 Å². The van der Waals surface area contributed by atoms with Crippen molar-refractivity contribution in [3.8, 4) is 0 Å². The average molecular weight is 316 g/mol. The Hall–Kier alpha value is -3.03. The maximum Gasteiger partial charge on any atom is 0.339 e. The first-order valence-electron chi connectivity index (χ1n) is 7.04. The number of carbonyl (C=O) groups is 1. The highest BCUT2D eigenvalue weighted by molar-refractivity contribution is 5.88. The van der Waals surface area contributed by atoms with Gasteiger partial charge in [-0.05, 0) is 24.6 Å². The van der Waals surface area contributed by atoms with Gasteiger partial charge in [-0.25, -0.2) is 9.78 Å². The second kappa shape index (κ2) is 7.83. The van der Waals surface area contributed by atoms with Crippen LogP contribution in [0, 0.1) is 10.1 Å². The van der Waals surface area contributed by atoms with Gasteiger partial charge in [-0.2, -0.15) is 0 Å². The van der Waals surface area contributed by atoms with Crippen LogP contribution in [0.4, 0.5) is 11.5 Å². The first-order chi connectivity index (χ1) is 11.1. The topological polar surface area (TPSA) is 107 Å². The van der Waals surface area contributed by atoms with E-state index in [1.807, 2.05) is 6.92 Å². The number of carbonyl (C=O) groups excluding carboxylic acids is 1. The van der Waals surface area contributed by atoms with Gasteiger partial charge in [0.1, 0.15) is 18.6 Å². The molecule has 23 heavy (non-hydrogen) atoms. The van der Waals surface area contributed by atoms with Crippen LogP contribution in [0.5, 0.6) is 0 Å². The number of aromatic nitrogens is 2. The fourth-order valence-electron chi connectivity index (χ4n) is 1.79. The Labute approximate surface area is 132 Å². The summed E-state index contributed by atoms with van der Waals surface area (Å²) < 4.78 is 5.24. The number of nitro groups is 1. The summed E-state index contributed by atoms with van der Waals surface area (Å²) in [4.78, 5) is 29.8. The zero-order valence-corrected chi connectivity index (χ0v) is 12.5. The maximum atomic E-state index is 11.9. The van der Waals surface area contributed by atoms with Gasteiger partial charge >= 0.3 is 5.97 Å². The molecule has 0 bridgehead atoms. The van der Waals surface area contributed by atoms with E-state index in [1.165, 1.54) is 24.5 Å². The molecule has 120 valence electrons. The minimum absolute atomic E-state index is 0.0772. The van der Waals surface area contributed by atoms with E-state index in [4.69, 9.17) is 4.74 Å². The van der Waals surface area contributed by atoms with E-state index < -0.39 is 10.9 Å². The SMILES string of the molecule is CCC(COC(=O)c1cccnc1)Nc1ccc([N+](=O)[O-])cn1. The van der Waals surface area contributed by atoms with Gasteiger partial charge in [-0.15, -0.1) is 0 Å². The molecule has 2 rings (SSSR count). The van der Waals surface area contributed by atoms with Crippen molar-refractivity contribution >= 4 is 17.5 Å². The largest absolute Gasteiger partial charge is 0.460 e. The first-order valence-corrected chi connectivity index (χ1v) is 7.04. The monoisotopic (exact) mass is 316 g/mol. The molecule has 0 aliphatic heterocycles. The van der Waals surface area contributed by atoms with Crippen LogP contribution in [0.15, 0.2) is 42.9 Å². The molecule has 8 heteroatoms. The number of hydrogen-bond donors (Lipinski definition) is 1. The third-order valence-electron chi connectivity index (χ3n) is 3.12. The lowest BCUT2D eigenvalue weighted by Gasteiger charge is -2.17. The summed E-state index contributed by atoms with van der Waals surface area (Å²) in [7, 11) is 0. The van der Waals surface area contributed by atoms with Gasteiger partial charge in [0.25, 0.3) is 5.69 Å². The maximum absolute atomic E-state index is 11.9. The molecular weight excluding hydrogens is 300 g/mol. The molecule has 0 aromatic carbocycles. The lowest BCUT2D eigenvalue weighted by Crippen LogP contribution is -2.26. The van der Waals surface area contributed by atoms with Crippen molar-refractivity contribution < 1.29 is 14.5 Å². The van der Waals surface area contributed by atoms with Gasteiger partial charge in [-0.1, -0.05) is 6.92 Å². The Morgan fingerprint density at radius 2 is 2.22 bits per heavy atom. The molecule has 8 nitrogen and oxygen atoms in total. The van der Waals surface area contributed by atoms with E-state index in [0.29, 0.717) is 17.8 Å². The molecule has 1 unspecified atom stereocenters. The summed E-state index contributed by atoms with van der Waals surface area (Å²) in [5, 5.41) is 13.7. The van der Waals surface area contributed by atoms with E-state index in [0.717, 1.165) is 0 Å². The summed E-state index contributed by atoms with van der Waals surface area (Å²) >= 11 is 0. The molecule has 0 saturated heterocycles. The summed E-state index contributed by atoms with van der Waals surface area (Å²) in [5.41, 5.74) is 0.308. The molecule has 2 aromatic rings. The smallest absolute Gasteiger partial charge is 0.339 e. The standard InChI is InChI=1S/C15H16N4O4/c1-2-12(10-23-15(20)11-4-3-7-16-8-11)18-14-6-5-13(9-17-14)19(21)22/h3-9,12H,2,10H2,1H3,(H,17,18). The van der Waals surface area contributed by atoms with Crippen molar-refractivity contribution in [2.45, 2.75) is 19.4 Å². The van der Waals surface area contributed by atoms with E-state index >= 15 is 0 Å². The molecule has 0 aliphatic carbocycles. The van der Waals surface area contributed by atoms with Crippen molar-refractivity contribution in [1.29, 1.82) is 0 Å². The van der Waals surface area contributed by atoms with Gasteiger partial charge < -0.3 is 10.1 Å². The number of ether oxygens (including phenoxy) is 1. The highest BCUT2D eigenvalue weighted by Gasteiger charge is 2.13. The molecule has 0 amide bonds. The third-order valence-corrected chi connectivity index (χ3v) is 3.12. The summed E-state index contributed by atoms with van der Waals surface area (Å²) in [6.45, 7) is 2.09. The Morgan fingerprint density at radius 3 is 2.78 bits per heavy atom. The lowest BCUT2D eigenvalue weighted by molar-refractivity contribution is -0.385. The van der Waals surface area contributed by atoms with Crippen molar-refractivity contribution in [3.63, 3.8) is 0 Å². The van der Waals surface area contributed by atoms with Gasteiger partial charge in [0.05, 0.1) is 16.5 Å². The minimum Gasteiger partial charge on any atom is -0.460 e. The summed E-state index contributed by atoms with van der Waals surface area (Å²) in [6.07, 6.45) is 4.89. The molecule has 1 N–H and O–H groups in total. The second-order valence-electron chi connectivity index (χ2n) is 4.75. The van der Waals surface area contributed by atoms with Crippen LogP contribution in [-0.2, 0) is 4.74 Å². The van der Waals surface area contributed by atoms with Crippen LogP contribution in [-0.4, -0.2) is 33.5 Å². The van der Waals surface area contributed by atoms with Crippen LogP contribution in [0.25, 0.3) is 0 Å². The Morgan fingerprint density at radius 1 is 1.39 bits per heavy atom. The normalized spacial score (nSPS) is 11.5. The number of nitrogens with one attached hydrogen (secondary N) is 1. The number of esters is 1. The second-order valence-corrected chi connectivity index (χ2v) is 4.75. The number of nitrogens with zero attached hydrogens (tertiary/aromatic N) is 3. The molecule has 2 aromatic heterocycles. The molecule has 0 aliphatic rings. The fraction of sp³-hybridized carbons (Fsp3) is 0.267. The summed E-state index contributed by atoms with van der Waals surface area (Å²) in [5.74, 6) is 0.0369. The van der Waals surface area contributed by atoms with Crippen molar-refractivity contribution in [1.82, 2.24) is 9.97 Å². The molecule has 0 spiro atoms. The minimum atomic E-state index is -0.510. The molecular formula is C15H16N4O4. The number of anilines is 1. The van der Waals surface area contributed by atoms with E-state index in [2.05, 4.69) is 15.3 Å². The zero-order valence-electron chi connectivity index (χ0n) is 12.5. The van der Waals surface area contributed by atoms with E-state index in [9.17, 15) is 14.9 Å². The van der Waals surface area contributed by atoms with E-state index in [-0.39, 0.29) is 18.3 Å². The Balaban J connectivity index is 1.90. The predicted molar refractivity (Wildman–Crippen MR) is 83.1 cm³/mol. The molecule has 1 atom stereocenters. The van der Waals surface area contributed by atoms with Crippen LogP contribution < -0.4 is 5.32 Å². The third kappa shape index (κ3) is 4.73. The van der Waals surface area contributed by atoms with Gasteiger partial charge in [0.2, 0.25) is 0 Å². The summed E-state index contributed by atoms with van der Waals surface area (Å²) in [6, 6.07) is 6.02. The average Bonchev–Trinajstić information content (AvgIpc) is 2.59. The zero-order chi connectivity index (χ0) is 16.7. The Kier molecular flexibility index (Phi) is 5.56. The van der Waals surface area contributed by atoms with Crippen molar-refractivity contribution in [3.05, 3.63) is 58.5 Å². The predicted octanol–water partition coefficient (Wildman–Crippen LogP) is 2.43. The van der Waals surface area contributed by atoms with E-state index in [1.54, 1.807) is 18.3 Å². The highest BCUT2D eigenvalue weighted by atomic mass is 16.6. The van der Waals surface area contributed by atoms with Crippen molar-refractivity contribution in [2.75, 3.05) is 11.9 Å². The molecule has 2 heterocycles. The fourth-order valence-corrected chi connectivity index (χ4v) is 1.79. The number of hydrogen-bond acceptors (Lipinski definition) is 7. The van der Waals surface area contributed by atoms with Gasteiger partial charge in [0, 0.05) is 18.5 Å². The van der Waals surface area contributed by atoms with Crippen LogP contribution in [0.1, 0.15) is 23.7 Å². The van der Waals surface area contributed by atoms with Gasteiger partial charge in [-0.3, -0.25) is 15.1 Å². The van der Waals surface area contributed by atoms with Crippen LogP contribution in [0.2, 0.25) is 0 Å².